The van der Waals surface area contributed by atoms with E-state index in [1.165, 1.54) is 64.3 Å². The molecule has 2 unspecified atom stereocenters. The van der Waals surface area contributed by atoms with Gasteiger partial charge in [0.2, 0.25) is 0 Å². The molecule has 0 saturated carbocycles. The molecule has 0 spiro atoms. The van der Waals surface area contributed by atoms with Crippen LogP contribution in [0.1, 0.15) is 52.8 Å². The fourth-order valence-electron chi connectivity index (χ4n) is 10.3. The molecule has 0 N–H and O–H groups in total. The molecule has 298 valence electrons. The van der Waals surface area contributed by atoms with Crippen LogP contribution in [0.2, 0.25) is 0 Å². The van der Waals surface area contributed by atoms with Crippen LogP contribution in [0.3, 0.4) is 0 Å². The van der Waals surface area contributed by atoms with Gasteiger partial charge in [0, 0.05) is 65.0 Å². The number of hydrogen-bond acceptors (Lipinski definition) is 5. The Bertz CT molecular complexity index is 3690. The van der Waals surface area contributed by atoms with E-state index in [9.17, 15) is 0 Å². The molecule has 13 rings (SSSR count). The first kappa shape index (κ1) is 36.2. The standard InChI is InChI=1S/C58H39N3OS/c1-2-13-35(14-3-1)36-25-27-37(28-26-36)56-59-57(47-21-12-24-52-53(47)46-20-9-11-23-51(46)63-52)61-58(60-56)48-32-31-44(55-54(48)45-19-8-10-22-50(45)62-55)43-30-29-40-33-38-15-4-5-16-39(38)34-49(40)42-18-7-6-17-41(42)43/h1-25,27-28,31-34,36,43H,26,29-30H2. The van der Waals surface area contributed by atoms with Crippen molar-refractivity contribution in [1.29, 1.82) is 0 Å². The first-order valence-corrected chi connectivity index (χ1v) is 22.7. The van der Waals surface area contributed by atoms with Gasteiger partial charge in [0.1, 0.15) is 11.2 Å². The van der Waals surface area contributed by atoms with Gasteiger partial charge in [-0.1, -0.05) is 158 Å². The summed E-state index contributed by atoms with van der Waals surface area (Å²) >= 11 is 1.81. The molecule has 11 aromatic rings. The van der Waals surface area contributed by atoms with Crippen LogP contribution < -0.4 is 0 Å². The summed E-state index contributed by atoms with van der Waals surface area (Å²) in [6, 6.07) is 61.3. The van der Waals surface area contributed by atoms with Gasteiger partial charge in [0.25, 0.3) is 0 Å². The maximum absolute atomic E-state index is 7.01. The van der Waals surface area contributed by atoms with Crippen LogP contribution in [-0.2, 0) is 6.42 Å². The molecule has 3 aromatic heterocycles. The Kier molecular flexibility index (Phi) is 8.38. The Morgan fingerprint density at radius 2 is 1.22 bits per heavy atom. The molecule has 63 heavy (non-hydrogen) atoms. The number of allylic oxidation sites excluding steroid dienone is 4. The molecule has 0 aliphatic heterocycles. The first-order valence-electron chi connectivity index (χ1n) is 21.9. The number of aromatic nitrogens is 3. The molecule has 0 bridgehead atoms. The van der Waals surface area contributed by atoms with Gasteiger partial charge < -0.3 is 4.42 Å². The quantitative estimate of drug-likeness (QED) is 0.173. The Labute approximate surface area is 368 Å². The first-order chi connectivity index (χ1) is 31.2. The topological polar surface area (TPSA) is 51.8 Å². The average Bonchev–Trinajstić information content (AvgIpc) is 3.89. The summed E-state index contributed by atoms with van der Waals surface area (Å²) in [5.41, 5.74) is 12.5. The predicted molar refractivity (Wildman–Crippen MR) is 261 cm³/mol. The number of benzene rings is 8. The summed E-state index contributed by atoms with van der Waals surface area (Å²) < 4.78 is 9.48. The molecule has 0 radical (unpaired) electrons. The van der Waals surface area contributed by atoms with Crippen molar-refractivity contribution in [3.8, 4) is 33.9 Å². The van der Waals surface area contributed by atoms with Crippen molar-refractivity contribution in [3.63, 3.8) is 0 Å². The lowest BCUT2D eigenvalue weighted by Gasteiger charge is -2.20. The number of furan rings is 1. The highest BCUT2D eigenvalue weighted by atomic mass is 32.1. The van der Waals surface area contributed by atoms with Crippen molar-refractivity contribution in [2.24, 2.45) is 0 Å². The molecule has 2 aliphatic rings. The third-order valence-corrected chi connectivity index (χ3v) is 14.5. The molecule has 4 nitrogen and oxygen atoms in total. The van der Waals surface area contributed by atoms with Crippen LogP contribution in [0.5, 0.6) is 0 Å². The fourth-order valence-corrected chi connectivity index (χ4v) is 11.5. The van der Waals surface area contributed by atoms with Crippen LogP contribution in [-0.4, -0.2) is 15.0 Å². The minimum atomic E-state index is 0.109. The summed E-state index contributed by atoms with van der Waals surface area (Å²) in [6.45, 7) is 0. The number of fused-ring (bicyclic) bond motifs is 10. The van der Waals surface area contributed by atoms with E-state index in [-0.39, 0.29) is 5.92 Å². The fraction of sp³-hybridized carbons (Fsp3) is 0.0862. The number of hydrogen-bond donors (Lipinski definition) is 0. The van der Waals surface area contributed by atoms with Crippen molar-refractivity contribution >= 4 is 69.8 Å². The lowest BCUT2D eigenvalue weighted by atomic mass is 9.84. The molecule has 3 heterocycles. The minimum absolute atomic E-state index is 0.109. The Balaban J connectivity index is 1.01. The van der Waals surface area contributed by atoms with Crippen LogP contribution in [0.25, 0.3) is 92.4 Å². The summed E-state index contributed by atoms with van der Waals surface area (Å²) in [6.07, 6.45) is 9.56. The van der Waals surface area contributed by atoms with Crippen LogP contribution in [0, 0.1) is 0 Å². The monoisotopic (exact) mass is 825 g/mol. The highest BCUT2D eigenvalue weighted by Crippen LogP contribution is 2.48. The zero-order valence-corrected chi connectivity index (χ0v) is 35.1. The smallest absolute Gasteiger partial charge is 0.164 e. The van der Waals surface area contributed by atoms with E-state index in [4.69, 9.17) is 19.4 Å². The molecular weight excluding hydrogens is 787 g/mol. The lowest BCUT2D eigenvalue weighted by molar-refractivity contribution is 0.647. The van der Waals surface area contributed by atoms with Crippen molar-refractivity contribution < 1.29 is 4.42 Å². The van der Waals surface area contributed by atoms with Gasteiger partial charge in [-0.15, -0.1) is 11.3 Å². The van der Waals surface area contributed by atoms with Gasteiger partial charge in [0.05, 0.1) is 0 Å². The molecule has 2 aliphatic carbocycles. The van der Waals surface area contributed by atoms with Crippen LogP contribution >= 0.6 is 11.3 Å². The third kappa shape index (κ3) is 5.99. The van der Waals surface area contributed by atoms with Gasteiger partial charge in [-0.05, 0) is 88.2 Å². The van der Waals surface area contributed by atoms with E-state index in [1.54, 1.807) is 0 Å². The number of aryl methyl sites for hydroxylation is 1. The molecule has 0 fully saturated rings. The Morgan fingerprint density at radius 3 is 2.08 bits per heavy atom. The molecule has 8 aromatic carbocycles. The van der Waals surface area contributed by atoms with Crippen LogP contribution in [0.4, 0.5) is 0 Å². The van der Waals surface area contributed by atoms with E-state index in [0.717, 1.165) is 57.9 Å². The third-order valence-electron chi connectivity index (χ3n) is 13.3. The zero-order chi connectivity index (χ0) is 41.4. The summed E-state index contributed by atoms with van der Waals surface area (Å²) in [5.74, 6) is 2.37. The number of rotatable bonds is 5. The van der Waals surface area contributed by atoms with Gasteiger partial charge >= 0.3 is 0 Å². The molecular formula is C58H39N3OS. The summed E-state index contributed by atoms with van der Waals surface area (Å²) in [5, 5.41) is 7.03. The highest BCUT2D eigenvalue weighted by Gasteiger charge is 2.29. The highest BCUT2D eigenvalue weighted by molar-refractivity contribution is 7.25. The zero-order valence-electron chi connectivity index (χ0n) is 34.3. The number of para-hydroxylation sites is 1. The summed E-state index contributed by atoms with van der Waals surface area (Å²) in [7, 11) is 0. The Morgan fingerprint density at radius 1 is 0.524 bits per heavy atom. The molecule has 2 atom stereocenters. The minimum Gasteiger partial charge on any atom is -0.456 e. The predicted octanol–water partition coefficient (Wildman–Crippen LogP) is 15.5. The second-order valence-electron chi connectivity index (χ2n) is 16.9. The van der Waals surface area contributed by atoms with E-state index in [2.05, 4.69) is 188 Å². The van der Waals surface area contributed by atoms with Crippen molar-refractivity contribution in [3.05, 3.63) is 216 Å². The van der Waals surface area contributed by atoms with Gasteiger partial charge in [-0.2, -0.15) is 0 Å². The van der Waals surface area contributed by atoms with Gasteiger partial charge in [-0.25, -0.2) is 15.0 Å². The largest absolute Gasteiger partial charge is 0.456 e. The normalized spacial score (nSPS) is 16.1. The van der Waals surface area contributed by atoms with Crippen molar-refractivity contribution in [2.75, 3.05) is 0 Å². The second-order valence-corrected chi connectivity index (χ2v) is 18.0. The van der Waals surface area contributed by atoms with Gasteiger partial charge in [0.15, 0.2) is 17.5 Å². The van der Waals surface area contributed by atoms with E-state index in [1.807, 2.05) is 11.3 Å². The molecule has 0 saturated heterocycles. The van der Waals surface area contributed by atoms with Gasteiger partial charge in [-0.3, -0.25) is 0 Å². The van der Waals surface area contributed by atoms with Crippen molar-refractivity contribution in [1.82, 2.24) is 15.0 Å². The Hall–Kier alpha value is -7.47. The maximum Gasteiger partial charge on any atom is 0.164 e. The number of thiophene rings is 1. The SMILES string of the molecule is C1=CC(c2ccccc2)CC=C1c1nc(-c2cccc3sc4ccccc4c23)nc(-c2ccc(C3CCc4cc5ccccc5cc4-c4ccccc43)c3oc4ccccc4c23)n1. The number of nitrogens with zero attached hydrogens (tertiary/aromatic N) is 3. The maximum atomic E-state index is 7.01. The van der Waals surface area contributed by atoms with E-state index < -0.39 is 0 Å². The van der Waals surface area contributed by atoms with E-state index in [0.29, 0.717) is 23.4 Å². The second kappa shape index (κ2) is 14.6. The average molecular weight is 826 g/mol. The molecule has 0 amide bonds. The van der Waals surface area contributed by atoms with E-state index >= 15 is 0 Å². The lowest BCUT2D eigenvalue weighted by Crippen LogP contribution is -2.06. The van der Waals surface area contributed by atoms with Crippen LogP contribution in [0.15, 0.2) is 193 Å². The van der Waals surface area contributed by atoms with Crippen molar-refractivity contribution in [2.45, 2.75) is 31.1 Å². The molecule has 5 heteroatoms. The summed E-state index contributed by atoms with van der Waals surface area (Å²) in [4.78, 5) is 16.1.